The summed E-state index contributed by atoms with van der Waals surface area (Å²) in [5.74, 6) is -0.894. The van der Waals surface area contributed by atoms with Gasteiger partial charge in [-0.2, -0.15) is 13.2 Å². The predicted octanol–water partition coefficient (Wildman–Crippen LogP) is 3.45. The quantitative estimate of drug-likeness (QED) is 0.631. The fourth-order valence-electron chi connectivity index (χ4n) is 1.62. The number of esters is 1. The number of hydrogen-bond donors (Lipinski definition) is 0. The minimum absolute atomic E-state index is 0.00822. The molecule has 0 atom stereocenters. The van der Waals surface area contributed by atoms with E-state index in [4.69, 9.17) is 0 Å². The van der Waals surface area contributed by atoms with Crippen LogP contribution in [0.2, 0.25) is 0 Å². The molecule has 1 rings (SSSR count). The van der Waals surface area contributed by atoms with Crippen molar-refractivity contribution in [3.05, 3.63) is 28.6 Å². The van der Waals surface area contributed by atoms with Gasteiger partial charge in [-0.3, -0.25) is 9.78 Å². The second-order valence-corrected chi connectivity index (χ2v) is 3.94. The molecular formula is C12H12F5NO2. The van der Waals surface area contributed by atoms with Gasteiger partial charge in [0.1, 0.15) is 0 Å². The van der Waals surface area contributed by atoms with E-state index in [-0.39, 0.29) is 12.3 Å². The van der Waals surface area contributed by atoms with Crippen LogP contribution in [0.15, 0.2) is 6.07 Å². The first-order valence-corrected chi connectivity index (χ1v) is 5.68. The third-order valence-electron chi connectivity index (χ3n) is 2.49. The van der Waals surface area contributed by atoms with Crippen molar-refractivity contribution in [1.29, 1.82) is 0 Å². The predicted molar refractivity (Wildman–Crippen MR) is 59.3 cm³/mol. The lowest BCUT2D eigenvalue weighted by atomic mass is 10.1. The second kappa shape index (κ2) is 6.15. The van der Waals surface area contributed by atoms with Crippen molar-refractivity contribution >= 4 is 5.97 Å². The molecule has 20 heavy (non-hydrogen) atoms. The molecule has 0 spiro atoms. The summed E-state index contributed by atoms with van der Waals surface area (Å²) in [6, 6.07) is 0.335. The Hall–Kier alpha value is -1.73. The molecule has 1 heterocycles. The molecule has 8 heteroatoms. The lowest BCUT2D eigenvalue weighted by molar-refractivity contribution is -0.143. The zero-order chi connectivity index (χ0) is 15.5. The number of ether oxygens (including phenoxy) is 1. The van der Waals surface area contributed by atoms with E-state index >= 15 is 0 Å². The molecule has 0 aliphatic carbocycles. The molecule has 0 amide bonds. The third-order valence-corrected chi connectivity index (χ3v) is 2.49. The summed E-state index contributed by atoms with van der Waals surface area (Å²) in [7, 11) is 0. The summed E-state index contributed by atoms with van der Waals surface area (Å²) >= 11 is 0. The Bertz CT molecular complexity index is 499. The van der Waals surface area contributed by atoms with Gasteiger partial charge < -0.3 is 4.74 Å². The monoisotopic (exact) mass is 297 g/mol. The normalized spacial score (nSPS) is 11.8. The maximum absolute atomic E-state index is 12.8. The van der Waals surface area contributed by atoms with Crippen LogP contribution in [-0.4, -0.2) is 17.6 Å². The lowest BCUT2D eigenvalue weighted by Crippen LogP contribution is -2.17. The molecule has 0 aliphatic rings. The van der Waals surface area contributed by atoms with Crippen LogP contribution in [0.3, 0.4) is 0 Å². The number of hydrogen-bond acceptors (Lipinski definition) is 3. The van der Waals surface area contributed by atoms with E-state index in [1.54, 1.807) is 0 Å². The van der Waals surface area contributed by atoms with Crippen molar-refractivity contribution in [2.24, 2.45) is 0 Å². The Morgan fingerprint density at radius 3 is 2.45 bits per heavy atom. The summed E-state index contributed by atoms with van der Waals surface area (Å²) in [4.78, 5) is 14.7. The van der Waals surface area contributed by atoms with Crippen LogP contribution in [0, 0.1) is 6.92 Å². The Morgan fingerprint density at radius 1 is 1.40 bits per heavy atom. The molecule has 0 aromatic carbocycles. The molecular weight excluding hydrogens is 285 g/mol. The Labute approximate surface area is 111 Å². The van der Waals surface area contributed by atoms with Crippen molar-refractivity contribution in [3.8, 4) is 0 Å². The molecule has 0 saturated carbocycles. The number of carbonyl (C=O) groups excluding carboxylic acids is 1. The van der Waals surface area contributed by atoms with E-state index in [2.05, 4.69) is 9.72 Å². The highest BCUT2D eigenvalue weighted by atomic mass is 19.4. The van der Waals surface area contributed by atoms with Gasteiger partial charge in [-0.25, -0.2) is 8.78 Å². The lowest BCUT2D eigenvalue weighted by Gasteiger charge is -2.15. The fraction of sp³-hybridized carbons (Fsp3) is 0.500. The summed E-state index contributed by atoms with van der Waals surface area (Å²) in [6.45, 7) is 2.67. The number of rotatable bonds is 4. The van der Waals surface area contributed by atoms with Gasteiger partial charge in [-0.05, 0) is 19.9 Å². The van der Waals surface area contributed by atoms with Gasteiger partial charge in [0.15, 0.2) is 0 Å². The molecule has 0 aliphatic heterocycles. The summed E-state index contributed by atoms with van der Waals surface area (Å²) in [5, 5.41) is 0. The van der Waals surface area contributed by atoms with Crippen LogP contribution in [-0.2, 0) is 22.1 Å². The number of pyridine rings is 1. The SMILES string of the molecule is CCOC(=O)Cc1nc(C)c(C(F)F)cc1C(F)(F)F. The van der Waals surface area contributed by atoms with Crippen LogP contribution in [0.1, 0.15) is 35.9 Å². The minimum Gasteiger partial charge on any atom is -0.466 e. The molecule has 1 aromatic rings. The average molecular weight is 297 g/mol. The van der Waals surface area contributed by atoms with Crippen LogP contribution in [0.5, 0.6) is 0 Å². The Balaban J connectivity index is 3.28. The van der Waals surface area contributed by atoms with Crippen LogP contribution in [0.25, 0.3) is 0 Å². The highest BCUT2D eigenvalue weighted by molar-refractivity contribution is 5.72. The molecule has 0 bridgehead atoms. The van der Waals surface area contributed by atoms with E-state index in [0.717, 1.165) is 6.92 Å². The fourth-order valence-corrected chi connectivity index (χ4v) is 1.62. The number of nitrogens with zero attached hydrogens (tertiary/aromatic N) is 1. The first kappa shape index (κ1) is 16.3. The largest absolute Gasteiger partial charge is 0.466 e. The summed E-state index contributed by atoms with van der Waals surface area (Å²) in [6.07, 6.45) is -8.65. The average Bonchev–Trinajstić information content (AvgIpc) is 2.26. The smallest absolute Gasteiger partial charge is 0.418 e. The zero-order valence-corrected chi connectivity index (χ0v) is 10.7. The van der Waals surface area contributed by atoms with E-state index in [9.17, 15) is 26.7 Å². The highest BCUT2D eigenvalue weighted by Crippen LogP contribution is 2.35. The number of carbonyl (C=O) groups is 1. The Kier molecular flexibility index (Phi) is 5.02. The van der Waals surface area contributed by atoms with Gasteiger partial charge in [0.25, 0.3) is 6.43 Å². The number of alkyl halides is 5. The van der Waals surface area contributed by atoms with E-state index < -0.39 is 41.8 Å². The molecule has 0 saturated heterocycles. The van der Waals surface area contributed by atoms with E-state index in [1.165, 1.54) is 6.92 Å². The molecule has 3 nitrogen and oxygen atoms in total. The highest BCUT2D eigenvalue weighted by Gasteiger charge is 2.36. The van der Waals surface area contributed by atoms with Crippen LogP contribution >= 0.6 is 0 Å². The number of halogens is 5. The van der Waals surface area contributed by atoms with Crippen LogP contribution in [0.4, 0.5) is 22.0 Å². The molecule has 0 radical (unpaired) electrons. The zero-order valence-electron chi connectivity index (χ0n) is 10.7. The van der Waals surface area contributed by atoms with Gasteiger partial charge in [-0.1, -0.05) is 0 Å². The number of aryl methyl sites for hydroxylation is 1. The molecule has 112 valence electrons. The standard InChI is InChI=1S/C12H12F5NO2/c1-3-20-10(19)5-9-8(12(15,16)17)4-7(11(13)14)6(2)18-9/h4,11H,3,5H2,1-2H3. The third kappa shape index (κ3) is 3.88. The van der Waals surface area contributed by atoms with Crippen molar-refractivity contribution < 1.29 is 31.5 Å². The first-order chi connectivity index (χ1) is 9.16. The maximum Gasteiger partial charge on any atom is 0.418 e. The summed E-state index contributed by atoms with van der Waals surface area (Å²) in [5.41, 5.74) is -3.00. The molecule has 0 fully saturated rings. The van der Waals surface area contributed by atoms with Gasteiger partial charge in [0, 0.05) is 11.3 Å². The van der Waals surface area contributed by atoms with Gasteiger partial charge in [0.05, 0.1) is 24.3 Å². The van der Waals surface area contributed by atoms with Crippen LogP contribution < -0.4 is 0 Å². The molecule has 0 unspecified atom stereocenters. The molecule has 1 aromatic heterocycles. The molecule has 0 N–H and O–H groups in total. The number of aromatic nitrogens is 1. The van der Waals surface area contributed by atoms with Gasteiger partial charge in [0.2, 0.25) is 0 Å². The van der Waals surface area contributed by atoms with Crippen molar-refractivity contribution in [3.63, 3.8) is 0 Å². The first-order valence-electron chi connectivity index (χ1n) is 5.68. The Morgan fingerprint density at radius 2 is 2.00 bits per heavy atom. The van der Waals surface area contributed by atoms with E-state index in [0.29, 0.717) is 6.07 Å². The topological polar surface area (TPSA) is 39.2 Å². The van der Waals surface area contributed by atoms with Gasteiger partial charge in [-0.15, -0.1) is 0 Å². The second-order valence-electron chi connectivity index (χ2n) is 3.94. The minimum atomic E-state index is -4.87. The van der Waals surface area contributed by atoms with E-state index in [1.807, 2.05) is 0 Å². The maximum atomic E-state index is 12.8. The van der Waals surface area contributed by atoms with Crippen molar-refractivity contribution in [2.45, 2.75) is 32.9 Å². The summed E-state index contributed by atoms with van der Waals surface area (Å²) < 4.78 is 68.2. The van der Waals surface area contributed by atoms with Crippen molar-refractivity contribution in [1.82, 2.24) is 4.98 Å². The van der Waals surface area contributed by atoms with Gasteiger partial charge >= 0.3 is 12.1 Å². The van der Waals surface area contributed by atoms with Crippen molar-refractivity contribution in [2.75, 3.05) is 6.61 Å².